The summed E-state index contributed by atoms with van der Waals surface area (Å²) in [5.74, 6) is -2.11. The molecule has 4 rings (SSSR count). The van der Waals surface area contributed by atoms with Gasteiger partial charge in [-0.05, 0) is 124 Å². The van der Waals surface area contributed by atoms with Crippen molar-refractivity contribution in [1.82, 2.24) is 4.90 Å². The summed E-state index contributed by atoms with van der Waals surface area (Å²) in [5.41, 5.74) is 2.72. The zero-order chi connectivity index (χ0) is 29.8. The molecule has 9 heteroatoms. The van der Waals surface area contributed by atoms with Crippen LogP contribution in [0.5, 0.6) is 5.75 Å². The number of rotatable bonds is 14. The van der Waals surface area contributed by atoms with E-state index >= 15 is 0 Å². The first-order valence-electron chi connectivity index (χ1n) is 15.5. The first-order chi connectivity index (χ1) is 19.3. The molecule has 41 heavy (non-hydrogen) atoms. The Bertz CT molecular complexity index is 989. The quantitative estimate of drug-likeness (QED) is 0.172. The Morgan fingerprint density at radius 2 is 1.71 bits per heavy atom. The molecule has 2 N–H and O–H groups in total. The number of benzene rings is 1. The first-order valence-corrected chi connectivity index (χ1v) is 15.5. The Morgan fingerprint density at radius 1 is 0.976 bits per heavy atom. The van der Waals surface area contributed by atoms with Gasteiger partial charge in [-0.2, -0.15) is 22.0 Å². The lowest BCUT2D eigenvalue weighted by Crippen LogP contribution is -2.47. The molecule has 0 bridgehead atoms. The van der Waals surface area contributed by atoms with E-state index in [1.54, 1.807) is 0 Å². The zero-order valence-corrected chi connectivity index (χ0v) is 24.6. The third-order valence-electron chi connectivity index (χ3n) is 10.4. The van der Waals surface area contributed by atoms with E-state index in [4.69, 9.17) is 4.74 Å². The second kappa shape index (κ2) is 13.5. The van der Waals surface area contributed by atoms with Crippen LogP contribution in [0.25, 0.3) is 0 Å². The minimum absolute atomic E-state index is 0.00173. The minimum Gasteiger partial charge on any atom is -0.508 e. The number of aromatic hydroxyl groups is 1. The van der Waals surface area contributed by atoms with E-state index < -0.39 is 18.5 Å². The highest BCUT2D eigenvalue weighted by Crippen LogP contribution is 2.63. The van der Waals surface area contributed by atoms with Crippen LogP contribution < -0.4 is 0 Å². The molecule has 0 spiro atoms. The van der Waals surface area contributed by atoms with Crippen LogP contribution in [0, 0.1) is 23.2 Å². The van der Waals surface area contributed by atoms with E-state index in [2.05, 4.69) is 17.9 Å². The number of ether oxygens (including phenoxy) is 1. The highest BCUT2D eigenvalue weighted by molar-refractivity contribution is 5.40. The molecule has 2 fully saturated rings. The summed E-state index contributed by atoms with van der Waals surface area (Å²) >= 11 is 0. The molecule has 0 radical (unpaired) electrons. The predicted molar refractivity (Wildman–Crippen MR) is 149 cm³/mol. The fourth-order valence-corrected chi connectivity index (χ4v) is 8.28. The summed E-state index contributed by atoms with van der Waals surface area (Å²) in [7, 11) is 2.03. The zero-order valence-electron chi connectivity index (χ0n) is 24.6. The number of aliphatic hydroxyl groups is 1. The average Bonchev–Trinajstić information content (AvgIpc) is 3.20. The van der Waals surface area contributed by atoms with Crippen LogP contribution in [-0.4, -0.2) is 66.7 Å². The number of halogens is 5. The maximum atomic E-state index is 12.9. The van der Waals surface area contributed by atoms with E-state index in [1.165, 1.54) is 11.1 Å². The third-order valence-corrected chi connectivity index (χ3v) is 10.4. The summed E-state index contributed by atoms with van der Waals surface area (Å²) in [6.07, 6.45) is 3.12. The van der Waals surface area contributed by atoms with Crippen LogP contribution in [0.4, 0.5) is 22.0 Å². The minimum atomic E-state index is -5.50. The predicted octanol–water partition coefficient (Wildman–Crippen LogP) is 7.71. The third kappa shape index (κ3) is 7.56. The molecule has 0 saturated heterocycles. The SMILES string of the molecule is CN(CCCCC[C@H]1C[C@]2(C)[C@@H](O)CC[C@H]2[C@@H]2CCc3cc(O)ccc3[C@@H]12)CCCOCCCC(F)(F)C(F)(F)F. The van der Waals surface area contributed by atoms with Gasteiger partial charge < -0.3 is 19.8 Å². The molecular formula is C32H48F5NO3. The molecule has 3 aliphatic rings. The smallest absolute Gasteiger partial charge is 0.453 e. The molecule has 0 amide bonds. The summed E-state index contributed by atoms with van der Waals surface area (Å²) in [5, 5.41) is 21.0. The molecule has 0 aliphatic heterocycles. The molecule has 4 nitrogen and oxygen atoms in total. The fourth-order valence-electron chi connectivity index (χ4n) is 8.28. The highest BCUT2D eigenvalue weighted by Gasteiger charge is 2.58. The van der Waals surface area contributed by atoms with Gasteiger partial charge in [-0.1, -0.05) is 25.8 Å². The van der Waals surface area contributed by atoms with Crippen LogP contribution in [0.2, 0.25) is 0 Å². The van der Waals surface area contributed by atoms with Gasteiger partial charge in [-0.25, -0.2) is 0 Å². The van der Waals surface area contributed by atoms with Gasteiger partial charge in [0.25, 0.3) is 0 Å². The number of unbranched alkanes of at least 4 members (excludes halogenated alkanes) is 2. The van der Waals surface area contributed by atoms with Gasteiger partial charge in [-0.15, -0.1) is 0 Å². The lowest BCUT2D eigenvalue weighted by atomic mass is 9.51. The summed E-state index contributed by atoms with van der Waals surface area (Å²) in [6, 6.07) is 5.94. The maximum absolute atomic E-state index is 12.9. The topological polar surface area (TPSA) is 52.9 Å². The molecule has 2 saturated carbocycles. The van der Waals surface area contributed by atoms with Crippen LogP contribution in [-0.2, 0) is 11.2 Å². The summed E-state index contributed by atoms with van der Waals surface area (Å²) in [4.78, 5) is 2.21. The second-order valence-electron chi connectivity index (χ2n) is 13.2. The molecule has 0 aromatic heterocycles. The molecular weight excluding hydrogens is 541 g/mol. The van der Waals surface area contributed by atoms with Crippen molar-refractivity contribution in [1.29, 1.82) is 0 Å². The number of aryl methyl sites for hydroxylation is 1. The number of fused-ring (bicyclic) bond motifs is 5. The number of nitrogens with zero attached hydrogens (tertiary/aromatic N) is 1. The van der Waals surface area contributed by atoms with Crippen molar-refractivity contribution >= 4 is 0 Å². The van der Waals surface area contributed by atoms with Gasteiger partial charge in [-0.3, -0.25) is 0 Å². The van der Waals surface area contributed by atoms with E-state index in [9.17, 15) is 32.2 Å². The number of alkyl halides is 5. The van der Waals surface area contributed by atoms with E-state index in [0.717, 1.165) is 70.9 Å². The molecule has 3 aliphatic carbocycles. The number of hydrogen-bond donors (Lipinski definition) is 2. The van der Waals surface area contributed by atoms with Crippen molar-refractivity contribution in [3.63, 3.8) is 0 Å². The Kier molecular flexibility index (Phi) is 10.7. The van der Waals surface area contributed by atoms with Crippen LogP contribution in [0.15, 0.2) is 18.2 Å². The van der Waals surface area contributed by atoms with Crippen molar-refractivity contribution in [2.75, 3.05) is 33.4 Å². The van der Waals surface area contributed by atoms with Crippen LogP contribution in [0.3, 0.4) is 0 Å². The van der Waals surface area contributed by atoms with E-state index in [-0.39, 0.29) is 24.5 Å². The molecule has 0 heterocycles. The number of phenols is 1. The lowest BCUT2D eigenvalue weighted by Gasteiger charge is -2.54. The number of hydrogen-bond acceptors (Lipinski definition) is 4. The Balaban J connectivity index is 1.17. The monoisotopic (exact) mass is 589 g/mol. The van der Waals surface area contributed by atoms with Crippen molar-refractivity contribution in [3.05, 3.63) is 29.3 Å². The van der Waals surface area contributed by atoms with E-state index in [0.29, 0.717) is 42.4 Å². The standard InChI is InChI=1S/C32H48F5NO3/c1-30-21-23(29-25-12-10-24(39)20-22(25)9-11-26(29)27(30)13-14-28(30)40)8-4-3-5-16-38(2)17-7-19-41-18-6-15-31(33,34)32(35,36)37/h10,12,20,23,26-29,39-40H,3-9,11,13-19,21H2,1-2H3/t23-,26-,27-,28-,29+,30-/m0/s1. The summed E-state index contributed by atoms with van der Waals surface area (Å²) in [6.45, 7) is 4.29. The Labute approximate surface area is 241 Å². The van der Waals surface area contributed by atoms with Gasteiger partial charge in [0.15, 0.2) is 0 Å². The van der Waals surface area contributed by atoms with Crippen molar-refractivity contribution in [2.45, 2.75) is 108 Å². The van der Waals surface area contributed by atoms with Crippen molar-refractivity contribution < 1.29 is 36.9 Å². The number of phenolic OH excluding ortho intramolecular Hbond substituents is 1. The molecule has 1 aromatic carbocycles. The van der Waals surface area contributed by atoms with E-state index in [1.807, 2.05) is 19.2 Å². The molecule has 234 valence electrons. The van der Waals surface area contributed by atoms with Gasteiger partial charge in [0, 0.05) is 26.2 Å². The fraction of sp³-hybridized carbons (Fsp3) is 0.812. The van der Waals surface area contributed by atoms with Gasteiger partial charge in [0.2, 0.25) is 0 Å². The van der Waals surface area contributed by atoms with Gasteiger partial charge >= 0.3 is 12.1 Å². The number of aliphatic hydroxyl groups excluding tert-OH is 1. The van der Waals surface area contributed by atoms with Gasteiger partial charge in [0.05, 0.1) is 6.10 Å². The maximum Gasteiger partial charge on any atom is 0.453 e. The Hall–Kier alpha value is -1.45. The largest absolute Gasteiger partial charge is 0.508 e. The van der Waals surface area contributed by atoms with Crippen molar-refractivity contribution in [2.24, 2.45) is 23.2 Å². The van der Waals surface area contributed by atoms with Crippen molar-refractivity contribution in [3.8, 4) is 5.75 Å². The first kappa shape index (κ1) is 32.5. The van der Waals surface area contributed by atoms with Gasteiger partial charge in [0.1, 0.15) is 5.75 Å². The Morgan fingerprint density at radius 3 is 2.46 bits per heavy atom. The van der Waals surface area contributed by atoms with Crippen LogP contribution in [0.1, 0.15) is 94.6 Å². The average molecular weight is 590 g/mol. The highest BCUT2D eigenvalue weighted by atomic mass is 19.4. The second-order valence-corrected chi connectivity index (χ2v) is 13.2. The summed E-state index contributed by atoms with van der Waals surface area (Å²) < 4.78 is 67.7. The molecule has 6 atom stereocenters. The molecule has 1 aromatic rings. The molecule has 0 unspecified atom stereocenters. The van der Waals surface area contributed by atoms with Crippen LogP contribution >= 0.6 is 0 Å². The normalized spacial score (nSPS) is 29.8. The lowest BCUT2D eigenvalue weighted by molar-refractivity contribution is -0.285.